The minimum atomic E-state index is 0.167. The number of hydrogen-bond donors (Lipinski definition) is 2. The second kappa shape index (κ2) is 13.9. The predicted octanol–water partition coefficient (Wildman–Crippen LogP) is 0.880. The number of Topliss-reactive ketones (excluding diaryl/α,β-unsaturated/α-hetero) is 1. The van der Waals surface area contributed by atoms with E-state index >= 15 is 0 Å². The zero-order valence-corrected chi connectivity index (χ0v) is 9.34. The van der Waals surface area contributed by atoms with Gasteiger partial charge in [0.05, 0.1) is 0 Å². The minimum Gasteiger partial charge on any atom is -0.330 e. The van der Waals surface area contributed by atoms with E-state index in [4.69, 9.17) is 11.5 Å². The molecule has 0 amide bonds. The Hall–Kier alpha value is 0.290. The first-order valence-corrected chi connectivity index (χ1v) is 6.25. The highest BCUT2D eigenvalue weighted by atomic mass is 33.1. The molecule has 4 N–H and O–H groups in total. The van der Waals surface area contributed by atoms with E-state index in [1.54, 1.807) is 21.6 Å². The van der Waals surface area contributed by atoms with Gasteiger partial charge in [0.1, 0.15) is 5.78 Å². The highest BCUT2D eigenvalue weighted by molar-refractivity contribution is 8.76. The van der Waals surface area contributed by atoms with Crippen molar-refractivity contribution in [3.63, 3.8) is 0 Å². The quantitative estimate of drug-likeness (QED) is 0.521. The first-order chi connectivity index (χ1) is 5.65. The summed E-state index contributed by atoms with van der Waals surface area (Å²) in [7, 11) is 3.58. The van der Waals surface area contributed by atoms with Gasteiger partial charge in [-0.1, -0.05) is 21.6 Å². The lowest BCUT2D eigenvalue weighted by molar-refractivity contribution is -0.114. The van der Waals surface area contributed by atoms with Crippen molar-refractivity contribution in [2.75, 3.05) is 24.6 Å². The molecule has 0 heterocycles. The first kappa shape index (κ1) is 14.8. The summed E-state index contributed by atoms with van der Waals surface area (Å²) in [6.07, 6.45) is 0. The fourth-order valence-corrected chi connectivity index (χ4v) is 1.93. The summed E-state index contributed by atoms with van der Waals surface area (Å²) < 4.78 is 0. The van der Waals surface area contributed by atoms with Crippen LogP contribution in [-0.4, -0.2) is 30.4 Å². The molecule has 0 spiro atoms. The van der Waals surface area contributed by atoms with E-state index in [0.717, 1.165) is 24.6 Å². The lowest BCUT2D eigenvalue weighted by Gasteiger charge is -1.93. The zero-order chi connectivity index (χ0) is 9.82. The van der Waals surface area contributed by atoms with Crippen LogP contribution in [0.4, 0.5) is 0 Å². The Morgan fingerprint density at radius 3 is 1.50 bits per heavy atom. The Labute approximate surface area is 82.4 Å². The molecule has 0 aromatic heterocycles. The molecule has 0 bridgehead atoms. The third kappa shape index (κ3) is 31.7. The van der Waals surface area contributed by atoms with Gasteiger partial charge in [-0.05, 0) is 13.8 Å². The molecule has 0 saturated heterocycles. The molecule has 0 aliphatic heterocycles. The van der Waals surface area contributed by atoms with E-state index < -0.39 is 0 Å². The number of nitrogens with two attached hydrogens (primary N) is 2. The summed E-state index contributed by atoms with van der Waals surface area (Å²) in [5.74, 6) is 2.23. The van der Waals surface area contributed by atoms with Crippen LogP contribution in [-0.2, 0) is 4.79 Å². The first-order valence-electron chi connectivity index (χ1n) is 3.76. The molecular formula is C7H18N2OS2. The van der Waals surface area contributed by atoms with Crippen LogP contribution in [0.2, 0.25) is 0 Å². The van der Waals surface area contributed by atoms with Gasteiger partial charge in [-0.3, -0.25) is 0 Å². The van der Waals surface area contributed by atoms with Crippen LogP contribution in [0, 0.1) is 0 Å². The van der Waals surface area contributed by atoms with Crippen molar-refractivity contribution in [3.8, 4) is 0 Å². The maximum absolute atomic E-state index is 9.44. The van der Waals surface area contributed by atoms with E-state index in [0.29, 0.717) is 0 Å². The van der Waals surface area contributed by atoms with Gasteiger partial charge >= 0.3 is 0 Å². The maximum atomic E-state index is 9.44. The third-order valence-corrected chi connectivity index (χ3v) is 2.96. The van der Waals surface area contributed by atoms with Crippen molar-refractivity contribution < 1.29 is 4.79 Å². The van der Waals surface area contributed by atoms with Crippen LogP contribution >= 0.6 is 21.6 Å². The van der Waals surface area contributed by atoms with Crippen LogP contribution in [0.15, 0.2) is 0 Å². The van der Waals surface area contributed by atoms with E-state index in [1.807, 2.05) is 0 Å². The zero-order valence-electron chi connectivity index (χ0n) is 7.71. The number of carbonyl (C=O) groups excluding carboxylic acids is 1. The van der Waals surface area contributed by atoms with Crippen molar-refractivity contribution in [1.29, 1.82) is 0 Å². The van der Waals surface area contributed by atoms with Crippen molar-refractivity contribution in [1.82, 2.24) is 0 Å². The van der Waals surface area contributed by atoms with Gasteiger partial charge < -0.3 is 16.3 Å². The predicted molar refractivity (Wildman–Crippen MR) is 59.4 cm³/mol. The number of ketones is 1. The van der Waals surface area contributed by atoms with Crippen LogP contribution in [0.5, 0.6) is 0 Å². The van der Waals surface area contributed by atoms with E-state index in [2.05, 4.69) is 0 Å². The molecule has 5 heteroatoms. The van der Waals surface area contributed by atoms with E-state index in [1.165, 1.54) is 13.8 Å². The summed E-state index contributed by atoms with van der Waals surface area (Å²) in [6.45, 7) is 4.59. The molecule has 0 fully saturated rings. The van der Waals surface area contributed by atoms with Crippen molar-refractivity contribution >= 4 is 27.4 Å². The summed E-state index contributed by atoms with van der Waals surface area (Å²) in [4.78, 5) is 9.44. The molecule has 0 rings (SSSR count). The fourth-order valence-electron chi connectivity index (χ4n) is 0.214. The van der Waals surface area contributed by atoms with E-state index in [-0.39, 0.29) is 5.78 Å². The average molecular weight is 210 g/mol. The fraction of sp³-hybridized carbons (Fsp3) is 0.857. The molecule has 0 unspecified atom stereocenters. The second-order valence-corrected chi connectivity index (χ2v) is 4.83. The van der Waals surface area contributed by atoms with E-state index in [9.17, 15) is 4.79 Å². The number of hydrogen-bond acceptors (Lipinski definition) is 5. The highest BCUT2D eigenvalue weighted by Crippen LogP contribution is 2.18. The second-order valence-electron chi connectivity index (χ2n) is 2.13. The smallest absolute Gasteiger partial charge is 0.126 e. The molecule has 0 aliphatic carbocycles. The average Bonchev–Trinajstić information content (AvgIpc) is 1.97. The summed E-state index contributed by atoms with van der Waals surface area (Å²) in [5, 5.41) is 0. The van der Waals surface area contributed by atoms with Crippen LogP contribution in [0.3, 0.4) is 0 Å². The Kier molecular flexibility index (Phi) is 17.1. The molecule has 74 valence electrons. The molecule has 0 aromatic carbocycles. The Bertz CT molecular complexity index is 91.4. The summed E-state index contributed by atoms with van der Waals surface area (Å²) in [5.41, 5.74) is 10.5. The van der Waals surface area contributed by atoms with Gasteiger partial charge in [-0.15, -0.1) is 0 Å². The minimum absolute atomic E-state index is 0.167. The lowest BCUT2D eigenvalue weighted by atomic mass is 10.6. The third-order valence-electron chi connectivity index (χ3n) is 0.486. The van der Waals surface area contributed by atoms with Crippen LogP contribution in [0.1, 0.15) is 13.8 Å². The molecule has 3 nitrogen and oxygen atoms in total. The standard InChI is InChI=1S/C4H12N2S2.C3H6O/c5-1-3-7-8-4-2-6;1-3(2)4/h1-6H2;1-2H3. The number of carbonyl (C=O) groups is 1. The highest BCUT2D eigenvalue weighted by Gasteiger charge is 1.84. The Morgan fingerprint density at radius 1 is 1.08 bits per heavy atom. The van der Waals surface area contributed by atoms with Crippen LogP contribution in [0.25, 0.3) is 0 Å². The monoisotopic (exact) mass is 210 g/mol. The van der Waals surface area contributed by atoms with Gasteiger partial charge in [-0.25, -0.2) is 0 Å². The largest absolute Gasteiger partial charge is 0.330 e. The Balaban J connectivity index is 0. The summed E-state index contributed by atoms with van der Waals surface area (Å²) in [6, 6.07) is 0. The molecular weight excluding hydrogens is 192 g/mol. The van der Waals surface area contributed by atoms with Crippen molar-refractivity contribution in [2.45, 2.75) is 13.8 Å². The molecule has 0 saturated carbocycles. The van der Waals surface area contributed by atoms with Crippen molar-refractivity contribution in [2.24, 2.45) is 11.5 Å². The van der Waals surface area contributed by atoms with Gasteiger partial charge in [0.2, 0.25) is 0 Å². The molecule has 0 aliphatic rings. The van der Waals surface area contributed by atoms with Gasteiger partial charge in [0.25, 0.3) is 0 Å². The maximum Gasteiger partial charge on any atom is 0.126 e. The van der Waals surface area contributed by atoms with Gasteiger partial charge in [0.15, 0.2) is 0 Å². The number of rotatable bonds is 5. The SMILES string of the molecule is CC(C)=O.NCCSSCCN. The Morgan fingerprint density at radius 2 is 1.33 bits per heavy atom. The van der Waals surface area contributed by atoms with Crippen LogP contribution < -0.4 is 11.5 Å². The lowest BCUT2D eigenvalue weighted by Crippen LogP contribution is -2.02. The normalized spacial score (nSPS) is 8.67. The van der Waals surface area contributed by atoms with Crippen molar-refractivity contribution in [3.05, 3.63) is 0 Å². The topological polar surface area (TPSA) is 69.1 Å². The summed E-state index contributed by atoms with van der Waals surface area (Å²) >= 11 is 0. The van der Waals surface area contributed by atoms with Gasteiger partial charge in [0, 0.05) is 24.6 Å². The molecule has 0 atom stereocenters. The molecule has 12 heavy (non-hydrogen) atoms. The molecule has 0 radical (unpaired) electrons. The van der Waals surface area contributed by atoms with Gasteiger partial charge in [-0.2, -0.15) is 0 Å². The molecule has 0 aromatic rings.